The summed E-state index contributed by atoms with van der Waals surface area (Å²) in [5.41, 5.74) is 2.41. The highest BCUT2D eigenvalue weighted by Gasteiger charge is 2.26. The van der Waals surface area contributed by atoms with Crippen LogP contribution in [0, 0.1) is 10.1 Å². The molecule has 2 N–H and O–H groups in total. The summed E-state index contributed by atoms with van der Waals surface area (Å²) in [6.07, 6.45) is 0.411. The molecule has 0 radical (unpaired) electrons. The molecule has 0 aliphatic heterocycles. The molecule has 12 heteroatoms. The Morgan fingerprint density at radius 1 is 0.739 bits per heavy atom. The SMILES string of the molecule is O=C(N[C@@H](Cc1ccccc1)C(=O)N[C@@H](CCc1ccccc1)CCS(=O)(=O)Oc1ccc([N+](=O)[O-])cc1)OCc1ccccc1. The molecule has 0 bridgehead atoms. The zero-order valence-electron chi connectivity index (χ0n) is 25.0. The number of nitrogens with one attached hydrogen (secondary N) is 2. The van der Waals surface area contributed by atoms with Gasteiger partial charge in [-0.15, -0.1) is 0 Å². The smallest absolute Gasteiger partial charge is 0.408 e. The molecule has 0 unspecified atom stereocenters. The highest BCUT2D eigenvalue weighted by molar-refractivity contribution is 7.87. The maximum atomic E-state index is 13.7. The Hall–Kier alpha value is -5.23. The quantitative estimate of drug-likeness (QED) is 0.0940. The van der Waals surface area contributed by atoms with Gasteiger partial charge in [-0.1, -0.05) is 91.0 Å². The normalized spacial score (nSPS) is 12.3. The number of nitro groups is 1. The summed E-state index contributed by atoms with van der Waals surface area (Å²) in [6.45, 7) is 0.0265. The number of aryl methyl sites for hydroxylation is 1. The van der Waals surface area contributed by atoms with Gasteiger partial charge in [0.25, 0.3) is 5.69 Å². The van der Waals surface area contributed by atoms with Crippen molar-refractivity contribution in [2.45, 2.75) is 44.4 Å². The van der Waals surface area contributed by atoms with Gasteiger partial charge in [0, 0.05) is 24.6 Å². The number of ether oxygens (including phenoxy) is 1. The van der Waals surface area contributed by atoms with Crippen molar-refractivity contribution in [3.05, 3.63) is 142 Å². The third-order valence-corrected chi connectivity index (χ3v) is 8.24. The van der Waals surface area contributed by atoms with Gasteiger partial charge in [0.2, 0.25) is 5.91 Å². The fraction of sp³-hybridized carbons (Fsp3) is 0.235. The number of carbonyl (C=O) groups is 2. The minimum atomic E-state index is -4.11. The summed E-state index contributed by atoms with van der Waals surface area (Å²) in [5.74, 6) is -0.983. The summed E-state index contributed by atoms with van der Waals surface area (Å²) >= 11 is 0. The van der Waals surface area contributed by atoms with Crippen molar-refractivity contribution in [3.8, 4) is 5.75 Å². The van der Waals surface area contributed by atoms with E-state index in [1.807, 2.05) is 91.0 Å². The Morgan fingerprint density at radius 2 is 1.30 bits per heavy atom. The van der Waals surface area contributed by atoms with Crippen LogP contribution in [0.4, 0.5) is 10.5 Å². The van der Waals surface area contributed by atoms with E-state index in [-0.39, 0.29) is 30.9 Å². The van der Waals surface area contributed by atoms with Crippen LogP contribution in [0.5, 0.6) is 5.75 Å². The summed E-state index contributed by atoms with van der Waals surface area (Å²) in [6, 6.07) is 31.0. The molecular weight excluding hydrogens is 610 g/mol. The number of benzene rings is 4. The van der Waals surface area contributed by atoms with Crippen LogP contribution in [0.15, 0.2) is 115 Å². The molecule has 240 valence electrons. The van der Waals surface area contributed by atoms with Gasteiger partial charge in [0.1, 0.15) is 18.4 Å². The summed E-state index contributed by atoms with van der Waals surface area (Å²) in [5, 5.41) is 16.5. The number of alkyl carbamates (subject to hydrolysis) is 1. The van der Waals surface area contributed by atoms with Crippen LogP contribution in [0.3, 0.4) is 0 Å². The van der Waals surface area contributed by atoms with Crippen LogP contribution in [0.2, 0.25) is 0 Å². The van der Waals surface area contributed by atoms with E-state index < -0.39 is 44.9 Å². The Kier molecular flexibility index (Phi) is 12.2. The minimum absolute atomic E-state index is 0.0183. The second-order valence-electron chi connectivity index (χ2n) is 10.6. The zero-order chi connectivity index (χ0) is 32.8. The van der Waals surface area contributed by atoms with Gasteiger partial charge in [-0.2, -0.15) is 8.42 Å². The van der Waals surface area contributed by atoms with E-state index in [0.29, 0.717) is 12.8 Å². The van der Waals surface area contributed by atoms with Crippen molar-refractivity contribution in [2.24, 2.45) is 0 Å². The molecule has 2 amide bonds. The third-order valence-electron chi connectivity index (χ3n) is 7.06. The zero-order valence-corrected chi connectivity index (χ0v) is 25.8. The maximum absolute atomic E-state index is 13.7. The minimum Gasteiger partial charge on any atom is -0.445 e. The van der Waals surface area contributed by atoms with Crippen LogP contribution in [-0.2, 0) is 39.1 Å². The van der Waals surface area contributed by atoms with Gasteiger partial charge in [-0.05, 0) is 48.1 Å². The van der Waals surface area contributed by atoms with E-state index in [1.54, 1.807) is 0 Å². The van der Waals surface area contributed by atoms with Crippen LogP contribution >= 0.6 is 0 Å². The number of carbonyl (C=O) groups excluding carboxylic acids is 2. The Balaban J connectivity index is 1.45. The Morgan fingerprint density at radius 3 is 1.89 bits per heavy atom. The lowest BCUT2D eigenvalue weighted by atomic mass is 10.0. The maximum Gasteiger partial charge on any atom is 0.408 e. The molecule has 0 heterocycles. The number of nitrogens with zero attached hydrogens (tertiary/aromatic N) is 1. The topological polar surface area (TPSA) is 154 Å². The fourth-order valence-electron chi connectivity index (χ4n) is 4.64. The molecule has 4 aromatic rings. The number of hydrogen-bond donors (Lipinski definition) is 2. The van der Waals surface area contributed by atoms with E-state index >= 15 is 0 Å². The van der Waals surface area contributed by atoms with Crippen molar-refractivity contribution < 1.29 is 31.9 Å². The molecule has 11 nitrogen and oxygen atoms in total. The van der Waals surface area contributed by atoms with E-state index in [0.717, 1.165) is 28.8 Å². The highest BCUT2D eigenvalue weighted by Crippen LogP contribution is 2.20. The number of hydrogen-bond acceptors (Lipinski definition) is 8. The lowest BCUT2D eigenvalue weighted by molar-refractivity contribution is -0.384. The second kappa shape index (κ2) is 16.7. The molecule has 0 aliphatic rings. The average Bonchev–Trinajstić information content (AvgIpc) is 3.06. The highest BCUT2D eigenvalue weighted by atomic mass is 32.2. The molecule has 0 fully saturated rings. The Labute approximate surface area is 267 Å². The van der Waals surface area contributed by atoms with Gasteiger partial charge >= 0.3 is 16.2 Å². The first-order chi connectivity index (χ1) is 22.2. The van der Waals surface area contributed by atoms with Crippen LogP contribution in [0.25, 0.3) is 0 Å². The predicted octanol–water partition coefficient (Wildman–Crippen LogP) is 5.35. The molecule has 0 spiro atoms. The Bertz CT molecular complexity index is 1670. The van der Waals surface area contributed by atoms with Gasteiger partial charge in [-0.3, -0.25) is 14.9 Å². The summed E-state index contributed by atoms with van der Waals surface area (Å²) < 4.78 is 36.2. The van der Waals surface area contributed by atoms with Crippen molar-refractivity contribution >= 4 is 27.8 Å². The van der Waals surface area contributed by atoms with Crippen LogP contribution in [0.1, 0.15) is 29.5 Å². The van der Waals surface area contributed by atoms with Gasteiger partial charge in [0.15, 0.2) is 0 Å². The first-order valence-corrected chi connectivity index (χ1v) is 16.3. The molecule has 0 aliphatic carbocycles. The second-order valence-corrected chi connectivity index (χ2v) is 12.3. The number of rotatable bonds is 16. The molecule has 0 aromatic heterocycles. The first-order valence-electron chi connectivity index (χ1n) is 14.7. The van der Waals surface area contributed by atoms with Gasteiger partial charge in [-0.25, -0.2) is 4.79 Å². The molecule has 46 heavy (non-hydrogen) atoms. The van der Waals surface area contributed by atoms with Crippen LogP contribution < -0.4 is 14.8 Å². The van der Waals surface area contributed by atoms with E-state index in [1.165, 1.54) is 12.1 Å². The van der Waals surface area contributed by atoms with Crippen LogP contribution in [-0.4, -0.2) is 43.2 Å². The van der Waals surface area contributed by atoms with E-state index in [2.05, 4.69) is 10.6 Å². The predicted molar refractivity (Wildman–Crippen MR) is 173 cm³/mol. The van der Waals surface area contributed by atoms with E-state index in [4.69, 9.17) is 8.92 Å². The number of amides is 2. The largest absolute Gasteiger partial charge is 0.445 e. The molecule has 4 aromatic carbocycles. The first kappa shape index (κ1) is 33.7. The fourth-order valence-corrected chi connectivity index (χ4v) is 5.70. The number of nitro benzene ring substituents is 1. The molecule has 0 saturated heterocycles. The van der Waals surface area contributed by atoms with Gasteiger partial charge < -0.3 is 19.6 Å². The molecule has 2 atom stereocenters. The van der Waals surface area contributed by atoms with Crippen molar-refractivity contribution in [3.63, 3.8) is 0 Å². The van der Waals surface area contributed by atoms with E-state index in [9.17, 15) is 28.1 Å². The van der Waals surface area contributed by atoms with Crippen molar-refractivity contribution in [1.29, 1.82) is 0 Å². The average molecular weight is 646 g/mol. The number of non-ortho nitro benzene ring substituents is 1. The summed E-state index contributed by atoms with van der Waals surface area (Å²) in [7, 11) is -4.11. The summed E-state index contributed by atoms with van der Waals surface area (Å²) in [4.78, 5) is 36.7. The van der Waals surface area contributed by atoms with Gasteiger partial charge in [0.05, 0.1) is 10.7 Å². The molecule has 0 saturated carbocycles. The van der Waals surface area contributed by atoms with Crippen molar-refractivity contribution in [2.75, 3.05) is 5.75 Å². The van der Waals surface area contributed by atoms with Crippen molar-refractivity contribution in [1.82, 2.24) is 10.6 Å². The lowest BCUT2D eigenvalue weighted by Crippen LogP contribution is -2.51. The molecule has 4 rings (SSSR count). The monoisotopic (exact) mass is 645 g/mol. The lowest BCUT2D eigenvalue weighted by Gasteiger charge is -2.24. The standard InChI is InChI=1S/C34H35N3O8S/c38-33(32(24-27-12-6-2-7-13-27)36-34(39)44-25-28-14-8-3-9-15-28)35-29(17-16-26-10-4-1-5-11-26)22-23-46(42,43)45-31-20-18-30(19-21-31)37(40)41/h1-15,18-21,29,32H,16-17,22-25H2,(H,35,38)(H,36,39)/t29-,32-/m0/s1. The molecular formula is C34H35N3O8S. The third kappa shape index (κ3) is 11.4.